The van der Waals surface area contributed by atoms with Gasteiger partial charge in [0.1, 0.15) is 5.75 Å². The highest BCUT2D eigenvalue weighted by Gasteiger charge is 2.24. The Morgan fingerprint density at radius 1 is 1.40 bits per heavy atom. The lowest BCUT2D eigenvalue weighted by atomic mass is 10.0. The molecule has 5 nitrogen and oxygen atoms in total. The number of hydrogen-bond acceptors (Lipinski definition) is 4. The third-order valence-electron chi connectivity index (χ3n) is 3.90. The molecule has 1 saturated heterocycles. The van der Waals surface area contributed by atoms with Crippen molar-refractivity contribution in [1.29, 1.82) is 0 Å². The largest absolute Gasteiger partial charge is 0.482 e. The predicted octanol–water partition coefficient (Wildman–Crippen LogP) is 1.20. The number of nitrogens with two attached hydrogens (primary N) is 1. The van der Waals surface area contributed by atoms with E-state index >= 15 is 0 Å². The van der Waals surface area contributed by atoms with Gasteiger partial charge in [0.15, 0.2) is 6.61 Å². The van der Waals surface area contributed by atoms with E-state index in [0.29, 0.717) is 17.5 Å². The van der Waals surface area contributed by atoms with Gasteiger partial charge in [0.25, 0.3) is 5.91 Å². The molecule has 0 unspecified atom stereocenters. The molecule has 2 N–H and O–H groups in total. The summed E-state index contributed by atoms with van der Waals surface area (Å²) in [7, 11) is 3.97. The van der Waals surface area contributed by atoms with Crippen molar-refractivity contribution in [3.8, 4) is 5.75 Å². The Kier molecular flexibility index (Phi) is 4.84. The van der Waals surface area contributed by atoms with Crippen molar-refractivity contribution in [2.45, 2.75) is 18.9 Å². The van der Waals surface area contributed by atoms with Gasteiger partial charge in [-0.2, -0.15) is 0 Å². The summed E-state index contributed by atoms with van der Waals surface area (Å²) in [4.78, 5) is 16.3. The fourth-order valence-corrected chi connectivity index (χ4v) is 2.44. The maximum atomic E-state index is 12.2. The van der Waals surface area contributed by atoms with Gasteiger partial charge in [-0.05, 0) is 45.1 Å². The molecule has 1 aromatic carbocycles. The molecular weight excluding hydrogens is 254 g/mol. The number of anilines is 1. The van der Waals surface area contributed by atoms with Gasteiger partial charge in [-0.1, -0.05) is 12.1 Å². The van der Waals surface area contributed by atoms with Crippen molar-refractivity contribution in [3.05, 3.63) is 24.3 Å². The predicted molar refractivity (Wildman–Crippen MR) is 79.6 cm³/mol. The number of carbonyl (C=O) groups is 1. The summed E-state index contributed by atoms with van der Waals surface area (Å²) < 4.78 is 5.51. The molecule has 0 aliphatic carbocycles. The molecule has 20 heavy (non-hydrogen) atoms. The minimum absolute atomic E-state index is 0.00260. The number of benzene rings is 1. The molecule has 0 spiro atoms. The highest BCUT2D eigenvalue weighted by molar-refractivity contribution is 5.78. The van der Waals surface area contributed by atoms with E-state index in [1.165, 1.54) is 0 Å². The molecule has 1 aliphatic heterocycles. The molecule has 1 aromatic rings. The lowest BCUT2D eigenvalue weighted by Crippen LogP contribution is -2.45. The molecule has 5 heteroatoms. The Morgan fingerprint density at radius 3 is 2.70 bits per heavy atom. The van der Waals surface area contributed by atoms with Crippen molar-refractivity contribution in [1.82, 2.24) is 9.80 Å². The highest BCUT2D eigenvalue weighted by atomic mass is 16.5. The van der Waals surface area contributed by atoms with Crippen LogP contribution in [0.25, 0.3) is 0 Å². The monoisotopic (exact) mass is 277 g/mol. The number of para-hydroxylation sites is 2. The summed E-state index contributed by atoms with van der Waals surface area (Å²) in [5, 5.41) is 0. The van der Waals surface area contributed by atoms with E-state index in [0.717, 1.165) is 25.9 Å². The number of likely N-dealkylation sites (N-methyl/N-ethyl adjacent to an activating group) is 1. The Labute approximate surface area is 120 Å². The number of rotatable bonds is 4. The molecule has 110 valence electrons. The van der Waals surface area contributed by atoms with E-state index in [2.05, 4.69) is 11.9 Å². The second-order valence-electron chi connectivity index (χ2n) is 5.37. The van der Waals surface area contributed by atoms with Crippen molar-refractivity contribution in [3.63, 3.8) is 0 Å². The van der Waals surface area contributed by atoms with E-state index in [1.807, 2.05) is 24.1 Å². The van der Waals surface area contributed by atoms with Crippen LogP contribution in [-0.4, -0.2) is 55.5 Å². The van der Waals surface area contributed by atoms with Crippen LogP contribution in [0.5, 0.6) is 5.75 Å². The Hall–Kier alpha value is -1.75. The summed E-state index contributed by atoms with van der Waals surface area (Å²) in [6, 6.07) is 7.54. The summed E-state index contributed by atoms with van der Waals surface area (Å²) >= 11 is 0. The Bertz CT molecular complexity index is 456. The van der Waals surface area contributed by atoms with E-state index in [9.17, 15) is 4.79 Å². The van der Waals surface area contributed by atoms with Crippen LogP contribution in [0.1, 0.15) is 12.8 Å². The first-order valence-electron chi connectivity index (χ1n) is 6.99. The molecular formula is C15H23N3O2. The Morgan fingerprint density at radius 2 is 2.05 bits per heavy atom. The maximum absolute atomic E-state index is 12.2. The van der Waals surface area contributed by atoms with Gasteiger partial charge in [0, 0.05) is 13.1 Å². The highest BCUT2D eigenvalue weighted by Crippen LogP contribution is 2.20. The number of piperidine rings is 1. The van der Waals surface area contributed by atoms with Crippen LogP contribution >= 0.6 is 0 Å². The molecule has 0 atom stereocenters. The van der Waals surface area contributed by atoms with Gasteiger partial charge in [-0.25, -0.2) is 0 Å². The van der Waals surface area contributed by atoms with Gasteiger partial charge in [-0.3, -0.25) is 4.79 Å². The molecule has 0 bridgehead atoms. The topological polar surface area (TPSA) is 58.8 Å². The van der Waals surface area contributed by atoms with Crippen LogP contribution in [0.4, 0.5) is 5.69 Å². The summed E-state index contributed by atoms with van der Waals surface area (Å²) in [5.74, 6) is 0.570. The van der Waals surface area contributed by atoms with Gasteiger partial charge in [0.05, 0.1) is 5.69 Å². The zero-order valence-electron chi connectivity index (χ0n) is 12.2. The van der Waals surface area contributed by atoms with Crippen molar-refractivity contribution in [2.24, 2.45) is 0 Å². The average molecular weight is 277 g/mol. The number of likely N-dealkylation sites (tertiary alicyclic amines) is 1. The first-order valence-corrected chi connectivity index (χ1v) is 6.99. The van der Waals surface area contributed by atoms with Crippen LogP contribution in [0.15, 0.2) is 24.3 Å². The first-order chi connectivity index (χ1) is 9.58. The smallest absolute Gasteiger partial charge is 0.260 e. The third-order valence-corrected chi connectivity index (χ3v) is 3.90. The molecule has 0 radical (unpaired) electrons. The molecule has 1 aliphatic rings. The summed E-state index contributed by atoms with van der Waals surface area (Å²) in [6.07, 6.45) is 2.04. The van der Waals surface area contributed by atoms with Crippen molar-refractivity contribution < 1.29 is 9.53 Å². The van der Waals surface area contributed by atoms with Crippen LogP contribution < -0.4 is 10.5 Å². The minimum Gasteiger partial charge on any atom is -0.482 e. The zero-order chi connectivity index (χ0) is 14.5. The lowest BCUT2D eigenvalue weighted by molar-refractivity contribution is -0.134. The van der Waals surface area contributed by atoms with Gasteiger partial charge in [0.2, 0.25) is 0 Å². The first kappa shape index (κ1) is 14.7. The summed E-state index contributed by atoms with van der Waals surface area (Å²) in [6.45, 7) is 2.11. The molecule has 1 heterocycles. The van der Waals surface area contributed by atoms with Crippen LogP contribution in [0, 0.1) is 0 Å². The van der Waals surface area contributed by atoms with Crippen LogP contribution in [-0.2, 0) is 4.79 Å². The van der Waals surface area contributed by atoms with Crippen LogP contribution in [0.2, 0.25) is 0 Å². The fraction of sp³-hybridized carbons (Fsp3) is 0.533. The van der Waals surface area contributed by atoms with Crippen LogP contribution in [0.3, 0.4) is 0 Å². The average Bonchev–Trinajstić information content (AvgIpc) is 2.46. The standard InChI is InChI=1S/C15H23N3O2/c1-17-9-7-12(8-10-17)18(2)15(19)11-20-14-6-4-3-5-13(14)16/h3-6,12H,7-11,16H2,1-2H3. The molecule has 1 fully saturated rings. The van der Waals surface area contributed by atoms with E-state index in [-0.39, 0.29) is 12.5 Å². The normalized spacial score (nSPS) is 16.9. The second-order valence-corrected chi connectivity index (χ2v) is 5.37. The van der Waals surface area contributed by atoms with Gasteiger partial charge < -0.3 is 20.3 Å². The van der Waals surface area contributed by atoms with E-state index in [1.54, 1.807) is 12.1 Å². The number of carbonyl (C=O) groups excluding carboxylic acids is 1. The lowest BCUT2D eigenvalue weighted by Gasteiger charge is -2.35. The summed E-state index contributed by atoms with van der Waals surface area (Å²) in [5.41, 5.74) is 6.34. The minimum atomic E-state index is 0.00260. The molecule has 0 aromatic heterocycles. The van der Waals surface area contributed by atoms with Gasteiger partial charge >= 0.3 is 0 Å². The third kappa shape index (κ3) is 3.63. The number of amides is 1. The maximum Gasteiger partial charge on any atom is 0.260 e. The number of nitrogens with zero attached hydrogens (tertiary/aromatic N) is 2. The number of ether oxygens (including phenoxy) is 1. The van der Waals surface area contributed by atoms with Crippen molar-refractivity contribution in [2.75, 3.05) is 39.5 Å². The van der Waals surface area contributed by atoms with Crippen molar-refractivity contribution >= 4 is 11.6 Å². The Balaban J connectivity index is 1.84. The number of nitrogen functional groups attached to an aromatic ring is 1. The second kappa shape index (κ2) is 6.61. The molecule has 2 rings (SSSR count). The molecule has 0 saturated carbocycles. The SMILES string of the molecule is CN1CCC(N(C)C(=O)COc2ccccc2N)CC1. The fourth-order valence-electron chi connectivity index (χ4n) is 2.44. The quantitative estimate of drug-likeness (QED) is 0.840. The van der Waals surface area contributed by atoms with Gasteiger partial charge in [-0.15, -0.1) is 0 Å². The molecule has 1 amide bonds. The van der Waals surface area contributed by atoms with E-state index < -0.39 is 0 Å². The zero-order valence-corrected chi connectivity index (χ0v) is 12.2. The van der Waals surface area contributed by atoms with E-state index in [4.69, 9.17) is 10.5 Å². The number of hydrogen-bond donors (Lipinski definition) is 1.